The van der Waals surface area contributed by atoms with E-state index in [2.05, 4.69) is 25.5 Å². The molecular weight excluding hydrogens is 502 g/mol. The van der Waals surface area contributed by atoms with Crippen molar-refractivity contribution >= 4 is 16.8 Å². The predicted octanol–water partition coefficient (Wildman–Crippen LogP) is 5.23. The molecule has 1 aliphatic rings. The molecule has 39 heavy (non-hydrogen) atoms. The van der Waals surface area contributed by atoms with Crippen LogP contribution in [0.3, 0.4) is 0 Å². The normalized spacial score (nSPS) is 16.6. The van der Waals surface area contributed by atoms with E-state index in [1.165, 1.54) is 12.1 Å². The number of amides is 1. The van der Waals surface area contributed by atoms with Crippen molar-refractivity contribution in [2.75, 3.05) is 6.61 Å². The molecule has 1 saturated carbocycles. The van der Waals surface area contributed by atoms with Crippen molar-refractivity contribution < 1.29 is 18.3 Å². The molecule has 0 radical (unpaired) electrons. The summed E-state index contributed by atoms with van der Waals surface area (Å²) in [6, 6.07) is 16.3. The van der Waals surface area contributed by atoms with Gasteiger partial charge >= 0.3 is 0 Å². The van der Waals surface area contributed by atoms with E-state index in [1.807, 2.05) is 6.92 Å². The number of nitrogens with zero attached hydrogens (tertiary/aromatic N) is 5. The van der Waals surface area contributed by atoms with Crippen molar-refractivity contribution in [3.63, 3.8) is 0 Å². The van der Waals surface area contributed by atoms with Gasteiger partial charge in [0.1, 0.15) is 28.9 Å². The third-order valence-corrected chi connectivity index (χ3v) is 6.82. The van der Waals surface area contributed by atoms with Crippen LogP contribution in [0.25, 0.3) is 28.1 Å². The van der Waals surface area contributed by atoms with Crippen LogP contribution in [0.5, 0.6) is 5.75 Å². The van der Waals surface area contributed by atoms with Crippen LogP contribution in [-0.4, -0.2) is 43.3 Å². The van der Waals surface area contributed by atoms with Crippen LogP contribution in [-0.2, 0) is 0 Å². The lowest BCUT2D eigenvalue weighted by Gasteiger charge is -2.35. The molecule has 1 aliphatic carbocycles. The number of benzene rings is 2. The van der Waals surface area contributed by atoms with Crippen LogP contribution in [0.2, 0.25) is 0 Å². The number of carbonyl (C=O) groups excluding carboxylic acids is 1. The molecule has 0 bridgehead atoms. The fourth-order valence-electron chi connectivity index (χ4n) is 4.89. The first kappa shape index (κ1) is 24.6. The number of pyridine rings is 2. The molecule has 0 unspecified atom stereocenters. The maximum absolute atomic E-state index is 15.0. The second kappa shape index (κ2) is 10.2. The van der Waals surface area contributed by atoms with Crippen LogP contribution in [0.15, 0.2) is 73.1 Å². The maximum atomic E-state index is 15.0. The number of para-hydroxylation sites is 2. The summed E-state index contributed by atoms with van der Waals surface area (Å²) in [5.74, 6) is 0.438. The Labute approximate surface area is 222 Å². The second-order valence-electron chi connectivity index (χ2n) is 9.35. The van der Waals surface area contributed by atoms with E-state index in [0.717, 1.165) is 6.20 Å². The van der Waals surface area contributed by atoms with E-state index in [1.54, 1.807) is 59.3 Å². The molecule has 10 heteroatoms. The van der Waals surface area contributed by atoms with Gasteiger partial charge in [-0.3, -0.25) is 14.3 Å². The Morgan fingerprint density at radius 2 is 1.87 bits per heavy atom. The maximum Gasteiger partial charge on any atom is 0.253 e. The summed E-state index contributed by atoms with van der Waals surface area (Å²) in [7, 11) is 0. The molecule has 0 saturated heterocycles. The molecule has 0 atom stereocenters. The Bertz CT molecular complexity index is 1660. The van der Waals surface area contributed by atoms with Crippen molar-refractivity contribution in [1.82, 2.24) is 30.0 Å². The third-order valence-electron chi connectivity index (χ3n) is 6.82. The number of carbonyl (C=O) groups is 1. The molecule has 1 fully saturated rings. The van der Waals surface area contributed by atoms with Gasteiger partial charge in [0.05, 0.1) is 35.8 Å². The van der Waals surface area contributed by atoms with Crippen LogP contribution >= 0.6 is 0 Å². The van der Waals surface area contributed by atoms with Crippen LogP contribution < -0.4 is 10.1 Å². The minimum Gasteiger partial charge on any atom is -0.492 e. The standard InChI is InChI=1S/C29H24F2N6O2/c1-2-39-21-10-11-24(32-16-21)28-36-35-27(37(28)25-9-4-3-8-23(25)31)18-13-20(14-18)34-29(38)22-7-5-6-17-12-19(30)15-33-26(17)22/h3-12,15-16,18,20H,2,13-14H2,1H3,(H,34,38). The van der Waals surface area contributed by atoms with Crippen molar-refractivity contribution in [3.8, 4) is 23.0 Å². The van der Waals surface area contributed by atoms with Gasteiger partial charge in [0.2, 0.25) is 0 Å². The average Bonchev–Trinajstić information content (AvgIpc) is 3.35. The predicted molar refractivity (Wildman–Crippen MR) is 141 cm³/mol. The van der Waals surface area contributed by atoms with E-state index < -0.39 is 11.6 Å². The van der Waals surface area contributed by atoms with E-state index in [0.29, 0.717) is 64.7 Å². The van der Waals surface area contributed by atoms with Gasteiger partial charge in [0.15, 0.2) is 5.82 Å². The van der Waals surface area contributed by atoms with Gasteiger partial charge < -0.3 is 10.1 Å². The van der Waals surface area contributed by atoms with E-state index in [-0.39, 0.29) is 17.9 Å². The highest BCUT2D eigenvalue weighted by Gasteiger charge is 2.36. The average molecular weight is 527 g/mol. The monoisotopic (exact) mass is 526 g/mol. The Hall–Kier alpha value is -4.73. The Kier molecular flexibility index (Phi) is 6.44. The fraction of sp³-hybridized carbons (Fsp3) is 0.207. The molecule has 8 nitrogen and oxygen atoms in total. The molecule has 1 N–H and O–H groups in total. The number of halogens is 2. The topological polar surface area (TPSA) is 94.8 Å². The Morgan fingerprint density at radius 3 is 2.64 bits per heavy atom. The first-order chi connectivity index (χ1) is 19.0. The van der Waals surface area contributed by atoms with Gasteiger partial charge in [-0.15, -0.1) is 10.2 Å². The van der Waals surface area contributed by atoms with Gasteiger partial charge in [-0.05, 0) is 56.2 Å². The highest BCUT2D eigenvalue weighted by Crippen LogP contribution is 2.39. The van der Waals surface area contributed by atoms with Crippen molar-refractivity contribution in [1.29, 1.82) is 0 Å². The molecule has 3 aromatic heterocycles. The van der Waals surface area contributed by atoms with Crippen LogP contribution in [0, 0.1) is 11.6 Å². The number of hydrogen-bond acceptors (Lipinski definition) is 6. The van der Waals surface area contributed by atoms with E-state index in [4.69, 9.17) is 4.74 Å². The molecule has 1 amide bonds. The highest BCUT2D eigenvalue weighted by molar-refractivity contribution is 6.05. The summed E-state index contributed by atoms with van der Waals surface area (Å²) in [5.41, 5.74) is 1.68. The molecule has 3 heterocycles. The summed E-state index contributed by atoms with van der Waals surface area (Å²) < 4.78 is 35.7. The quantitative estimate of drug-likeness (QED) is 0.312. The third kappa shape index (κ3) is 4.69. The zero-order valence-electron chi connectivity index (χ0n) is 21.0. The lowest BCUT2D eigenvalue weighted by molar-refractivity contribution is 0.0908. The highest BCUT2D eigenvalue weighted by atomic mass is 19.1. The summed E-state index contributed by atoms with van der Waals surface area (Å²) in [6.45, 7) is 2.41. The number of nitrogens with one attached hydrogen (secondary N) is 1. The lowest BCUT2D eigenvalue weighted by atomic mass is 9.79. The van der Waals surface area contributed by atoms with Crippen LogP contribution in [0.4, 0.5) is 8.78 Å². The molecule has 0 aliphatic heterocycles. The first-order valence-corrected chi connectivity index (χ1v) is 12.7. The molecule has 2 aromatic carbocycles. The van der Waals surface area contributed by atoms with E-state index >= 15 is 0 Å². The molecular formula is C29H24F2N6O2. The number of aromatic nitrogens is 5. The van der Waals surface area contributed by atoms with Crippen molar-refractivity contribution in [3.05, 3.63) is 96.1 Å². The molecule has 5 aromatic rings. The summed E-state index contributed by atoms with van der Waals surface area (Å²) in [4.78, 5) is 21.6. The van der Waals surface area contributed by atoms with E-state index in [9.17, 15) is 13.6 Å². The van der Waals surface area contributed by atoms with Gasteiger partial charge in [0, 0.05) is 17.3 Å². The minimum absolute atomic E-state index is 0.0569. The molecule has 6 rings (SSSR count). The number of rotatable bonds is 7. The zero-order chi connectivity index (χ0) is 26.9. The van der Waals surface area contributed by atoms with Gasteiger partial charge in [0.25, 0.3) is 5.91 Å². The van der Waals surface area contributed by atoms with Crippen molar-refractivity contribution in [2.45, 2.75) is 31.7 Å². The largest absolute Gasteiger partial charge is 0.492 e. The minimum atomic E-state index is -0.458. The first-order valence-electron chi connectivity index (χ1n) is 12.7. The summed E-state index contributed by atoms with van der Waals surface area (Å²) >= 11 is 0. The van der Waals surface area contributed by atoms with Crippen LogP contribution in [0.1, 0.15) is 41.9 Å². The molecule has 0 spiro atoms. The SMILES string of the molecule is CCOc1ccc(-c2nnc(C3CC(NC(=O)c4cccc5cc(F)cnc45)C3)n2-c2ccccc2F)nc1. The van der Waals surface area contributed by atoms with Crippen molar-refractivity contribution in [2.24, 2.45) is 0 Å². The van der Waals surface area contributed by atoms with Gasteiger partial charge in [-0.25, -0.2) is 13.8 Å². The number of ether oxygens (including phenoxy) is 1. The number of fused-ring (bicyclic) bond motifs is 1. The Morgan fingerprint density at radius 1 is 1.03 bits per heavy atom. The Balaban J connectivity index is 1.25. The summed E-state index contributed by atoms with van der Waals surface area (Å²) in [6.07, 6.45) is 3.90. The number of hydrogen-bond donors (Lipinski definition) is 1. The zero-order valence-corrected chi connectivity index (χ0v) is 21.0. The lowest BCUT2D eigenvalue weighted by Crippen LogP contribution is -2.44. The smallest absolute Gasteiger partial charge is 0.253 e. The second-order valence-corrected chi connectivity index (χ2v) is 9.35. The van der Waals surface area contributed by atoms with Gasteiger partial charge in [-0.1, -0.05) is 24.3 Å². The molecule has 196 valence electrons. The fourth-order valence-corrected chi connectivity index (χ4v) is 4.89. The van der Waals surface area contributed by atoms with Gasteiger partial charge in [-0.2, -0.15) is 0 Å². The summed E-state index contributed by atoms with van der Waals surface area (Å²) in [5, 5.41) is 12.4.